The number of aliphatic hydroxyl groups is 1. The van der Waals surface area contributed by atoms with Crippen molar-refractivity contribution in [1.82, 2.24) is 25.1 Å². The summed E-state index contributed by atoms with van der Waals surface area (Å²) in [5.41, 5.74) is 2.76. The predicted molar refractivity (Wildman–Crippen MR) is 135 cm³/mol. The Balaban J connectivity index is 1.29. The first-order chi connectivity index (χ1) is 17.0. The van der Waals surface area contributed by atoms with Crippen molar-refractivity contribution in [3.05, 3.63) is 48.8 Å². The molecule has 2 atom stereocenters. The number of aliphatic hydroxyl groups excluding tert-OH is 1. The maximum Gasteiger partial charge on any atom is 0.224 e. The summed E-state index contributed by atoms with van der Waals surface area (Å²) in [6.45, 7) is 7.07. The number of pyridine rings is 1. The van der Waals surface area contributed by atoms with Gasteiger partial charge in [0.05, 0.1) is 5.92 Å². The molecule has 2 saturated heterocycles. The van der Waals surface area contributed by atoms with Gasteiger partial charge < -0.3 is 29.7 Å². The second-order valence-corrected chi connectivity index (χ2v) is 9.33. The van der Waals surface area contributed by atoms with Gasteiger partial charge in [-0.15, -0.1) is 10.2 Å². The van der Waals surface area contributed by atoms with Crippen molar-refractivity contribution in [3.8, 4) is 11.5 Å². The molecule has 2 aliphatic rings. The Hall–Kier alpha value is -3.66. The van der Waals surface area contributed by atoms with Crippen LogP contribution in [0, 0.1) is 5.92 Å². The Morgan fingerprint density at radius 2 is 1.80 bits per heavy atom. The molecular weight excluding hydrogens is 444 g/mol. The first-order valence-electron chi connectivity index (χ1n) is 12.1. The molecular formula is C25H32N8O2. The molecule has 0 bridgehead atoms. The SMILES string of the molecule is CNC(=O)[C@H]1CCN(c2ccc(N3CCN(c4cccc(-c5nncn5C(C)C)n4)C3O)cc2)C1. The molecule has 1 aromatic carbocycles. The van der Waals surface area contributed by atoms with Crippen LogP contribution in [0.15, 0.2) is 48.8 Å². The summed E-state index contributed by atoms with van der Waals surface area (Å²) in [4.78, 5) is 22.8. The van der Waals surface area contributed by atoms with E-state index in [4.69, 9.17) is 4.98 Å². The van der Waals surface area contributed by atoms with Crippen LogP contribution in [0.2, 0.25) is 0 Å². The molecule has 0 spiro atoms. The van der Waals surface area contributed by atoms with Gasteiger partial charge in [0, 0.05) is 50.6 Å². The fourth-order valence-electron chi connectivity index (χ4n) is 4.89. The number of benzene rings is 1. The normalized spacial score (nSPS) is 20.2. The molecule has 35 heavy (non-hydrogen) atoms. The van der Waals surface area contributed by atoms with E-state index >= 15 is 0 Å². The zero-order valence-electron chi connectivity index (χ0n) is 20.4. The number of aromatic nitrogens is 4. The molecule has 4 heterocycles. The van der Waals surface area contributed by atoms with E-state index in [1.165, 1.54) is 0 Å². The molecule has 3 aromatic rings. The Morgan fingerprint density at radius 1 is 1.06 bits per heavy atom. The van der Waals surface area contributed by atoms with E-state index < -0.39 is 6.35 Å². The highest BCUT2D eigenvalue weighted by Crippen LogP contribution is 2.31. The molecule has 10 nitrogen and oxygen atoms in total. The Labute approximate surface area is 205 Å². The molecule has 5 rings (SSSR count). The van der Waals surface area contributed by atoms with Crippen LogP contribution in [0.25, 0.3) is 11.5 Å². The second-order valence-electron chi connectivity index (χ2n) is 9.33. The van der Waals surface area contributed by atoms with Gasteiger partial charge >= 0.3 is 0 Å². The number of anilines is 3. The summed E-state index contributed by atoms with van der Waals surface area (Å²) < 4.78 is 1.98. The third-order valence-electron chi connectivity index (χ3n) is 6.88. The van der Waals surface area contributed by atoms with E-state index in [1.54, 1.807) is 13.4 Å². The van der Waals surface area contributed by atoms with Crippen molar-refractivity contribution in [2.45, 2.75) is 32.7 Å². The van der Waals surface area contributed by atoms with Crippen molar-refractivity contribution >= 4 is 23.1 Å². The summed E-state index contributed by atoms with van der Waals surface area (Å²) >= 11 is 0. The zero-order chi connectivity index (χ0) is 24.5. The lowest BCUT2D eigenvalue weighted by atomic mass is 10.1. The molecule has 1 amide bonds. The largest absolute Gasteiger partial charge is 0.371 e. The molecule has 184 valence electrons. The standard InChI is InChI=1S/C25H32N8O2/c1-17(2)33-16-27-29-23(33)21-5-4-6-22(28-21)32-14-13-31(25(32)35)20-9-7-19(8-10-20)30-12-11-18(15-30)24(34)26-3/h4-10,16-18,25,35H,11-15H2,1-3H3,(H,26,34)/t18-,25?/m0/s1. The van der Waals surface area contributed by atoms with Crippen molar-refractivity contribution in [2.75, 3.05) is 47.9 Å². The molecule has 2 aliphatic heterocycles. The van der Waals surface area contributed by atoms with Gasteiger partial charge in [0.25, 0.3) is 0 Å². The summed E-state index contributed by atoms with van der Waals surface area (Å²) in [7, 11) is 1.69. The lowest BCUT2D eigenvalue weighted by Gasteiger charge is -2.28. The van der Waals surface area contributed by atoms with Crippen LogP contribution in [0.5, 0.6) is 0 Å². The van der Waals surface area contributed by atoms with Gasteiger partial charge in [-0.1, -0.05) is 6.07 Å². The minimum absolute atomic E-state index is 0.0336. The van der Waals surface area contributed by atoms with Crippen molar-refractivity contribution in [3.63, 3.8) is 0 Å². The van der Waals surface area contributed by atoms with Crippen LogP contribution >= 0.6 is 0 Å². The third kappa shape index (κ3) is 4.41. The van der Waals surface area contributed by atoms with E-state index in [2.05, 4.69) is 46.4 Å². The first kappa shape index (κ1) is 23.1. The van der Waals surface area contributed by atoms with Crippen molar-refractivity contribution in [2.24, 2.45) is 5.92 Å². The number of carbonyl (C=O) groups is 1. The van der Waals surface area contributed by atoms with Crippen LogP contribution in [0.3, 0.4) is 0 Å². The Kier molecular flexibility index (Phi) is 6.29. The highest BCUT2D eigenvalue weighted by molar-refractivity contribution is 5.79. The fourth-order valence-corrected chi connectivity index (χ4v) is 4.89. The van der Waals surface area contributed by atoms with Crippen molar-refractivity contribution in [1.29, 1.82) is 0 Å². The monoisotopic (exact) mass is 476 g/mol. The fraction of sp³-hybridized carbons (Fsp3) is 0.440. The molecule has 2 aromatic heterocycles. The van der Waals surface area contributed by atoms with Crippen molar-refractivity contribution < 1.29 is 9.90 Å². The third-order valence-corrected chi connectivity index (χ3v) is 6.88. The Morgan fingerprint density at radius 3 is 2.54 bits per heavy atom. The molecule has 0 aliphatic carbocycles. The van der Waals surface area contributed by atoms with Gasteiger partial charge in [-0.05, 0) is 56.7 Å². The smallest absolute Gasteiger partial charge is 0.224 e. The highest BCUT2D eigenvalue weighted by Gasteiger charge is 2.32. The van der Waals surface area contributed by atoms with Gasteiger partial charge in [-0.2, -0.15) is 0 Å². The average molecular weight is 477 g/mol. The lowest BCUT2D eigenvalue weighted by molar-refractivity contribution is -0.123. The van der Waals surface area contributed by atoms with E-state index in [1.807, 2.05) is 44.7 Å². The predicted octanol–water partition coefficient (Wildman–Crippen LogP) is 2.10. The second kappa shape index (κ2) is 9.53. The van der Waals surface area contributed by atoms with Gasteiger partial charge in [-0.25, -0.2) is 4.98 Å². The first-order valence-corrected chi connectivity index (χ1v) is 12.1. The zero-order valence-corrected chi connectivity index (χ0v) is 20.4. The quantitative estimate of drug-likeness (QED) is 0.558. The Bertz CT molecular complexity index is 1180. The van der Waals surface area contributed by atoms with Crippen LogP contribution in [-0.2, 0) is 4.79 Å². The van der Waals surface area contributed by atoms with Crippen LogP contribution in [0.4, 0.5) is 17.2 Å². The minimum atomic E-state index is -0.823. The highest BCUT2D eigenvalue weighted by atomic mass is 16.3. The van der Waals surface area contributed by atoms with E-state index in [9.17, 15) is 9.90 Å². The summed E-state index contributed by atoms with van der Waals surface area (Å²) in [6, 6.07) is 14.2. The number of hydrogen-bond donors (Lipinski definition) is 2. The topological polar surface area (TPSA) is 103 Å². The van der Waals surface area contributed by atoms with E-state index in [-0.39, 0.29) is 17.9 Å². The molecule has 2 N–H and O–H groups in total. The lowest BCUT2D eigenvalue weighted by Crippen LogP contribution is -2.39. The van der Waals surface area contributed by atoms with Crippen LogP contribution in [0.1, 0.15) is 26.3 Å². The molecule has 2 fully saturated rings. The maximum absolute atomic E-state index is 11.9. The van der Waals surface area contributed by atoms with Gasteiger partial charge in [-0.3, -0.25) is 4.79 Å². The number of rotatable bonds is 6. The maximum atomic E-state index is 11.9. The summed E-state index contributed by atoms with van der Waals surface area (Å²) in [6.07, 6.45) is 1.75. The number of nitrogens with one attached hydrogen (secondary N) is 1. The number of hydrogen-bond acceptors (Lipinski definition) is 8. The van der Waals surface area contributed by atoms with Gasteiger partial charge in [0.1, 0.15) is 17.8 Å². The van der Waals surface area contributed by atoms with Gasteiger partial charge in [0.15, 0.2) is 5.82 Å². The van der Waals surface area contributed by atoms with Gasteiger partial charge in [0.2, 0.25) is 12.3 Å². The van der Waals surface area contributed by atoms with E-state index in [0.29, 0.717) is 24.7 Å². The molecule has 0 saturated carbocycles. The molecule has 1 unspecified atom stereocenters. The van der Waals surface area contributed by atoms with Crippen LogP contribution in [-0.4, -0.2) is 70.3 Å². The number of carbonyl (C=O) groups excluding carboxylic acids is 1. The molecule has 0 radical (unpaired) electrons. The summed E-state index contributed by atoms with van der Waals surface area (Å²) in [5.74, 6) is 1.55. The minimum Gasteiger partial charge on any atom is -0.371 e. The van der Waals surface area contributed by atoms with Crippen LogP contribution < -0.4 is 20.0 Å². The average Bonchev–Trinajstić information content (AvgIpc) is 3.63. The number of amides is 1. The van der Waals surface area contributed by atoms with E-state index in [0.717, 1.165) is 36.6 Å². The molecule has 10 heteroatoms. The summed E-state index contributed by atoms with van der Waals surface area (Å²) in [5, 5.41) is 22.2. The number of nitrogens with zero attached hydrogens (tertiary/aromatic N) is 7.